The summed E-state index contributed by atoms with van der Waals surface area (Å²) in [6.45, 7) is 20.5. The van der Waals surface area contributed by atoms with Crippen molar-refractivity contribution in [2.24, 2.45) is 5.92 Å². The van der Waals surface area contributed by atoms with Gasteiger partial charge in [0.15, 0.2) is 5.76 Å². The first kappa shape index (κ1) is 56.4. The van der Waals surface area contributed by atoms with Crippen LogP contribution in [0.1, 0.15) is 153 Å². The largest absolute Gasteiger partial charge is 0.493 e. The van der Waals surface area contributed by atoms with Crippen molar-refractivity contribution in [1.82, 2.24) is 21.0 Å². The number of anilines is 1. The topological polar surface area (TPSA) is 247 Å². The Morgan fingerprint density at radius 3 is 1.99 bits per heavy atom. The quantitative estimate of drug-likeness (QED) is 0.0176. The number of furan rings is 1. The van der Waals surface area contributed by atoms with E-state index in [1.807, 2.05) is 6.92 Å². The van der Waals surface area contributed by atoms with Gasteiger partial charge in [-0.05, 0) is 131 Å². The second kappa shape index (κ2) is 25.4. The lowest BCUT2D eigenvalue weighted by Crippen LogP contribution is -2.49. The fourth-order valence-corrected chi connectivity index (χ4v) is 6.72. The number of rotatable bonds is 23. The van der Waals surface area contributed by atoms with E-state index >= 15 is 0 Å². The van der Waals surface area contributed by atoms with E-state index in [-0.39, 0.29) is 48.1 Å². The van der Waals surface area contributed by atoms with Crippen LogP contribution in [0.5, 0.6) is 5.75 Å². The maximum Gasteiger partial charge on any atom is 0.412 e. The first-order valence-corrected chi connectivity index (χ1v) is 23.0. The van der Waals surface area contributed by atoms with Gasteiger partial charge in [-0.1, -0.05) is 39.2 Å². The van der Waals surface area contributed by atoms with E-state index in [9.17, 15) is 38.4 Å². The summed E-state index contributed by atoms with van der Waals surface area (Å²) in [6, 6.07) is 11.0. The zero-order valence-corrected chi connectivity index (χ0v) is 41.8. The lowest BCUT2D eigenvalue weighted by molar-refractivity contribution is -0.171. The first-order chi connectivity index (χ1) is 32.3. The molecule has 2 unspecified atom stereocenters. The second-order valence-corrected chi connectivity index (χ2v) is 19.0. The summed E-state index contributed by atoms with van der Waals surface area (Å²) < 4.78 is 27.8. The van der Waals surface area contributed by atoms with E-state index in [2.05, 4.69) is 21.3 Å². The Labute approximate surface area is 404 Å². The van der Waals surface area contributed by atoms with Gasteiger partial charge in [0, 0.05) is 11.3 Å². The van der Waals surface area contributed by atoms with E-state index in [0.29, 0.717) is 30.5 Å². The molecule has 0 fully saturated rings. The van der Waals surface area contributed by atoms with Crippen molar-refractivity contribution < 1.29 is 66.6 Å². The molecule has 3 rings (SSSR count). The van der Waals surface area contributed by atoms with E-state index < -0.39 is 82.9 Å². The molecule has 3 aromatic rings. The van der Waals surface area contributed by atoms with Crippen LogP contribution in [0, 0.1) is 5.92 Å². The maximum atomic E-state index is 13.7. The van der Waals surface area contributed by atoms with Gasteiger partial charge >= 0.3 is 24.0 Å². The average Bonchev–Trinajstić information content (AvgIpc) is 3.74. The molecule has 3 atom stereocenters. The van der Waals surface area contributed by atoms with Crippen molar-refractivity contribution in [3.05, 3.63) is 71.5 Å². The molecular weight excluding hydrogens is 895 g/mol. The minimum absolute atomic E-state index is 0.0483. The Bertz CT molecular complexity index is 2250. The third-order valence-corrected chi connectivity index (χ3v) is 9.66. The number of ether oxygens (including phenoxy) is 4. The molecule has 0 saturated heterocycles. The van der Waals surface area contributed by atoms with E-state index in [1.165, 1.54) is 48.5 Å². The van der Waals surface area contributed by atoms with E-state index in [4.69, 9.17) is 28.2 Å². The Balaban J connectivity index is 1.71. The van der Waals surface area contributed by atoms with Gasteiger partial charge in [0.25, 0.3) is 11.8 Å². The standard InChI is InChI=1S/C50H69N5O14/c1-13-16-17-18-34(37(14-2)55(30-56)69-45(61)31-19-22-33(23-20-31)53-47(63)68-50(10,11)12)42(58)51-29-52-44(60)39-26-25-38(65-39)32-21-24-35(40(27-32)64-15-3)43(59)54-36(46(62)67-49(7,8)9)28-41(57)66-48(4,5)6/h19-27,30,34,36-37H,13-18,28-29H2,1-12H3,(H,51,58)(H,52,60)(H,53,63)(H,54,59)/t34?,36?,37-/m1/s1. The summed E-state index contributed by atoms with van der Waals surface area (Å²) in [5.41, 5.74) is -1.51. The molecule has 4 N–H and O–H groups in total. The van der Waals surface area contributed by atoms with Crippen LogP contribution in [0.25, 0.3) is 11.3 Å². The number of esters is 2. The molecule has 69 heavy (non-hydrogen) atoms. The average molecular weight is 964 g/mol. The zero-order chi connectivity index (χ0) is 51.7. The van der Waals surface area contributed by atoms with Gasteiger partial charge in [0.2, 0.25) is 12.3 Å². The molecule has 0 aliphatic heterocycles. The van der Waals surface area contributed by atoms with Crippen LogP contribution in [-0.2, 0) is 38.2 Å². The minimum atomic E-state index is -1.37. The van der Waals surface area contributed by atoms with Crippen molar-refractivity contribution in [3.8, 4) is 17.1 Å². The molecule has 1 aromatic heterocycles. The summed E-state index contributed by atoms with van der Waals surface area (Å²) in [5, 5.41) is 11.3. The van der Waals surface area contributed by atoms with Crippen LogP contribution in [0.4, 0.5) is 10.5 Å². The van der Waals surface area contributed by atoms with Gasteiger partial charge < -0.3 is 44.2 Å². The maximum absolute atomic E-state index is 13.7. The molecule has 0 spiro atoms. The third-order valence-electron chi connectivity index (χ3n) is 9.66. The molecule has 19 heteroatoms. The van der Waals surface area contributed by atoms with E-state index in [1.54, 1.807) is 82.2 Å². The highest BCUT2D eigenvalue weighted by Crippen LogP contribution is 2.30. The highest BCUT2D eigenvalue weighted by atomic mass is 16.7. The predicted molar refractivity (Wildman–Crippen MR) is 255 cm³/mol. The fraction of sp³-hybridized carbons (Fsp3) is 0.520. The van der Waals surface area contributed by atoms with E-state index in [0.717, 1.165) is 17.9 Å². The Kier molecular flexibility index (Phi) is 20.8. The minimum Gasteiger partial charge on any atom is -0.493 e. The Hall–Kier alpha value is -6.92. The van der Waals surface area contributed by atoms with Crippen LogP contribution in [0.3, 0.4) is 0 Å². The summed E-state index contributed by atoms with van der Waals surface area (Å²) >= 11 is 0. The van der Waals surface area contributed by atoms with Crippen LogP contribution in [0.15, 0.2) is 59.0 Å². The Morgan fingerprint density at radius 1 is 0.754 bits per heavy atom. The summed E-state index contributed by atoms with van der Waals surface area (Å²) in [7, 11) is 0. The van der Waals surface area contributed by atoms with Crippen molar-refractivity contribution in [2.75, 3.05) is 18.6 Å². The lowest BCUT2D eigenvalue weighted by atomic mass is 9.90. The van der Waals surface area contributed by atoms with Gasteiger partial charge in [0.05, 0.1) is 42.8 Å². The third kappa shape index (κ3) is 18.9. The van der Waals surface area contributed by atoms with Crippen molar-refractivity contribution in [1.29, 1.82) is 0 Å². The summed E-state index contributed by atoms with van der Waals surface area (Å²) in [4.78, 5) is 110. The van der Waals surface area contributed by atoms with Crippen molar-refractivity contribution >= 4 is 53.8 Å². The molecule has 0 saturated carbocycles. The number of benzene rings is 2. The fourth-order valence-electron chi connectivity index (χ4n) is 6.72. The molecular formula is C50H69N5O14. The highest BCUT2D eigenvalue weighted by Gasteiger charge is 2.35. The summed E-state index contributed by atoms with van der Waals surface area (Å²) in [5.74, 6) is -4.83. The number of amides is 5. The van der Waals surface area contributed by atoms with Crippen molar-refractivity contribution in [3.63, 3.8) is 0 Å². The normalized spacial score (nSPS) is 12.8. The number of unbranched alkanes of at least 4 members (excludes halogenated alkanes) is 2. The van der Waals surface area contributed by atoms with Gasteiger partial charge in [0.1, 0.15) is 34.4 Å². The SMILES string of the molecule is CCCCCC(C(=O)NCNC(=O)c1ccc(-c2ccc(C(=O)NC(CC(=O)OC(C)(C)C)C(=O)OC(C)(C)C)c(OCC)c2)o1)[C@@H](CC)N(C=O)OC(=O)c1ccc(NC(=O)OC(C)(C)C)cc1. The molecule has 378 valence electrons. The predicted octanol–water partition coefficient (Wildman–Crippen LogP) is 7.87. The molecule has 19 nitrogen and oxygen atoms in total. The van der Waals surface area contributed by atoms with Crippen LogP contribution in [-0.4, -0.2) is 95.4 Å². The van der Waals surface area contributed by atoms with Gasteiger partial charge in [-0.25, -0.2) is 14.4 Å². The van der Waals surface area contributed by atoms with Gasteiger partial charge in [-0.3, -0.25) is 29.3 Å². The number of hydrogen-bond donors (Lipinski definition) is 4. The lowest BCUT2D eigenvalue weighted by Gasteiger charge is -2.31. The molecule has 0 aliphatic carbocycles. The molecule has 5 amide bonds. The van der Waals surface area contributed by atoms with Crippen LogP contribution < -0.4 is 26.0 Å². The first-order valence-electron chi connectivity index (χ1n) is 23.0. The van der Waals surface area contributed by atoms with Gasteiger partial charge in [-0.15, -0.1) is 0 Å². The Morgan fingerprint density at radius 2 is 1.41 bits per heavy atom. The number of carbonyl (C=O) groups excluding carboxylic acids is 8. The van der Waals surface area contributed by atoms with Crippen molar-refractivity contribution in [2.45, 2.75) is 150 Å². The molecule has 1 heterocycles. The van der Waals surface area contributed by atoms with Crippen LogP contribution in [0.2, 0.25) is 0 Å². The molecule has 0 aliphatic rings. The second-order valence-electron chi connectivity index (χ2n) is 19.0. The number of hydroxylamine groups is 2. The monoisotopic (exact) mass is 963 g/mol. The zero-order valence-electron chi connectivity index (χ0n) is 41.8. The summed E-state index contributed by atoms with van der Waals surface area (Å²) in [6.07, 6.45) is 2.08. The smallest absolute Gasteiger partial charge is 0.412 e. The number of nitrogens with zero attached hydrogens (tertiary/aromatic N) is 1. The molecule has 2 aromatic carbocycles. The molecule has 0 radical (unpaired) electrons. The van der Waals surface area contributed by atoms with Crippen LogP contribution >= 0.6 is 0 Å². The number of nitrogens with one attached hydrogen (secondary N) is 4. The highest BCUT2D eigenvalue weighted by molar-refractivity contribution is 6.00. The van der Waals surface area contributed by atoms with Gasteiger partial charge in [-0.2, -0.15) is 5.06 Å². The number of carbonyl (C=O) groups is 8. The molecule has 0 bridgehead atoms. The number of hydrogen-bond acceptors (Lipinski definition) is 14.